The van der Waals surface area contributed by atoms with E-state index < -0.39 is 0 Å². The number of ether oxygens (including phenoxy) is 1. The van der Waals surface area contributed by atoms with E-state index in [2.05, 4.69) is 44.2 Å². The highest BCUT2D eigenvalue weighted by Gasteiger charge is 2.42. The second kappa shape index (κ2) is 10.0. The summed E-state index contributed by atoms with van der Waals surface area (Å²) in [6.45, 7) is 8.77. The topological polar surface area (TPSA) is 43.3 Å². The van der Waals surface area contributed by atoms with Gasteiger partial charge in [0.1, 0.15) is 0 Å². The molecule has 1 N–H and O–H groups in total. The molecule has 1 unspecified atom stereocenters. The molecular weight excluding hydrogens is 501 g/mol. The molecule has 8 heteroatoms. The van der Waals surface area contributed by atoms with Gasteiger partial charge in [0.25, 0.3) is 0 Å². The Balaban J connectivity index is 0.00000240. The number of benzene rings is 1. The third-order valence-electron chi connectivity index (χ3n) is 6.50. The average molecular weight is 534 g/mol. The minimum absolute atomic E-state index is 0. The van der Waals surface area contributed by atoms with Crippen LogP contribution in [-0.4, -0.2) is 82.3 Å². The van der Waals surface area contributed by atoms with Gasteiger partial charge in [0, 0.05) is 81.2 Å². The number of likely N-dealkylation sites (N-methyl/N-ethyl adjacent to an activating group) is 1. The molecule has 0 aliphatic carbocycles. The van der Waals surface area contributed by atoms with Crippen molar-refractivity contribution in [2.45, 2.75) is 19.4 Å². The van der Waals surface area contributed by atoms with Gasteiger partial charge in [0.05, 0.1) is 6.61 Å². The van der Waals surface area contributed by atoms with Crippen LogP contribution in [0, 0.1) is 5.41 Å². The van der Waals surface area contributed by atoms with Gasteiger partial charge in [-0.25, -0.2) is 0 Å². The van der Waals surface area contributed by atoms with E-state index in [-0.39, 0.29) is 24.0 Å². The van der Waals surface area contributed by atoms with Gasteiger partial charge >= 0.3 is 0 Å². The van der Waals surface area contributed by atoms with Crippen molar-refractivity contribution in [3.8, 4) is 0 Å². The number of nitrogens with zero attached hydrogens (tertiary/aromatic N) is 4. The van der Waals surface area contributed by atoms with E-state index in [0.29, 0.717) is 12.0 Å². The first-order valence-corrected chi connectivity index (χ1v) is 10.7. The van der Waals surface area contributed by atoms with Crippen LogP contribution >= 0.6 is 35.6 Å². The van der Waals surface area contributed by atoms with Gasteiger partial charge in [-0.15, -0.1) is 24.0 Å². The first-order valence-electron chi connectivity index (χ1n) is 10.3. The quantitative estimate of drug-likeness (QED) is 0.368. The van der Waals surface area contributed by atoms with Crippen LogP contribution in [-0.2, 0) is 11.3 Å². The Labute approximate surface area is 196 Å². The van der Waals surface area contributed by atoms with Crippen molar-refractivity contribution in [3.05, 3.63) is 28.8 Å². The fraction of sp³-hybridized carbons (Fsp3) is 0.667. The number of anilines is 1. The van der Waals surface area contributed by atoms with Gasteiger partial charge in [-0.3, -0.25) is 4.99 Å². The van der Waals surface area contributed by atoms with Crippen molar-refractivity contribution in [3.63, 3.8) is 0 Å². The number of likely N-dealkylation sites (tertiary alicyclic amines) is 1. The third-order valence-corrected chi connectivity index (χ3v) is 6.85. The van der Waals surface area contributed by atoms with Crippen molar-refractivity contribution >= 4 is 47.2 Å². The van der Waals surface area contributed by atoms with Crippen LogP contribution in [0.4, 0.5) is 5.69 Å². The summed E-state index contributed by atoms with van der Waals surface area (Å²) in [5.41, 5.74) is 2.73. The normalized spacial score (nSPS) is 25.6. The Morgan fingerprint density at radius 3 is 2.69 bits per heavy atom. The van der Waals surface area contributed by atoms with Gasteiger partial charge in [-0.2, -0.15) is 0 Å². The Morgan fingerprint density at radius 1 is 1.21 bits per heavy atom. The minimum atomic E-state index is 0. The van der Waals surface area contributed by atoms with E-state index in [1.807, 2.05) is 13.1 Å². The molecule has 4 rings (SSSR count). The van der Waals surface area contributed by atoms with Crippen LogP contribution in [0.3, 0.4) is 0 Å². The molecule has 0 aromatic heterocycles. The van der Waals surface area contributed by atoms with E-state index in [1.165, 1.54) is 18.5 Å². The van der Waals surface area contributed by atoms with Crippen LogP contribution in [0.1, 0.15) is 18.4 Å². The molecule has 3 heterocycles. The zero-order valence-corrected chi connectivity index (χ0v) is 20.6. The van der Waals surface area contributed by atoms with E-state index in [1.54, 1.807) is 0 Å². The molecule has 3 saturated heterocycles. The molecule has 0 radical (unpaired) electrons. The molecular formula is C21H33ClIN5O. The smallest absolute Gasteiger partial charge is 0.193 e. The number of hydrogen-bond donors (Lipinski definition) is 1. The predicted octanol–water partition coefficient (Wildman–Crippen LogP) is 2.90. The molecule has 0 amide bonds. The number of guanidine groups is 1. The molecule has 29 heavy (non-hydrogen) atoms. The van der Waals surface area contributed by atoms with Crippen molar-refractivity contribution in [2.24, 2.45) is 10.4 Å². The number of hydrogen-bond acceptors (Lipinski definition) is 4. The van der Waals surface area contributed by atoms with Crippen molar-refractivity contribution in [1.29, 1.82) is 0 Å². The molecule has 3 fully saturated rings. The first-order chi connectivity index (χ1) is 13.6. The van der Waals surface area contributed by atoms with Crippen LogP contribution in [0.15, 0.2) is 23.2 Å². The zero-order chi connectivity index (χ0) is 19.6. The number of nitrogens with one attached hydrogen (secondary N) is 1. The molecule has 6 nitrogen and oxygen atoms in total. The van der Waals surface area contributed by atoms with E-state index >= 15 is 0 Å². The number of piperazine rings is 1. The van der Waals surface area contributed by atoms with Gasteiger partial charge in [-0.05, 0) is 32.0 Å². The number of rotatable bonds is 3. The summed E-state index contributed by atoms with van der Waals surface area (Å²) in [6, 6.07) is 6.23. The largest absolute Gasteiger partial charge is 0.381 e. The molecule has 162 valence electrons. The molecule has 1 atom stereocenters. The zero-order valence-electron chi connectivity index (χ0n) is 17.5. The van der Waals surface area contributed by atoms with E-state index in [4.69, 9.17) is 16.3 Å². The lowest BCUT2D eigenvalue weighted by atomic mass is 9.87. The van der Waals surface area contributed by atoms with Crippen LogP contribution in [0.2, 0.25) is 5.02 Å². The standard InChI is InChI=1S/C21H32ClN5O.HI/c1-23-20(27-8-6-21(15-27)7-13-28-16-21)24-14-17-18(22)4-3-5-19(17)26-11-9-25(2)10-12-26;/h3-5H,6-16H2,1-2H3,(H,23,24);1H. The fourth-order valence-corrected chi connectivity index (χ4v) is 4.89. The second-order valence-corrected chi connectivity index (χ2v) is 8.81. The van der Waals surface area contributed by atoms with Gasteiger partial charge in [0.2, 0.25) is 0 Å². The predicted molar refractivity (Wildman–Crippen MR) is 131 cm³/mol. The van der Waals surface area contributed by atoms with Crippen LogP contribution < -0.4 is 10.2 Å². The van der Waals surface area contributed by atoms with E-state index in [9.17, 15) is 0 Å². The molecule has 3 aliphatic rings. The summed E-state index contributed by atoms with van der Waals surface area (Å²) in [7, 11) is 4.05. The summed E-state index contributed by atoms with van der Waals surface area (Å²) in [5, 5.41) is 4.40. The summed E-state index contributed by atoms with van der Waals surface area (Å²) >= 11 is 6.61. The van der Waals surface area contributed by atoms with Gasteiger partial charge in [-0.1, -0.05) is 17.7 Å². The maximum Gasteiger partial charge on any atom is 0.193 e. The highest BCUT2D eigenvalue weighted by Crippen LogP contribution is 2.38. The first kappa shape index (κ1) is 22.9. The van der Waals surface area contributed by atoms with Gasteiger partial charge in [0.15, 0.2) is 5.96 Å². The van der Waals surface area contributed by atoms with Crippen molar-refractivity contribution in [1.82, 2.24) is 15.1 Å². The average Bonchev–Trinajstić information content (AvgIpc) is 3.34. The number of halogens is 2. The number of aliphatic imine (C=N–C) groups is 1. The molecule has 0 bridgehead atoms. The van der Waals surface area contributed by atoms with Crippen molar-refractivity contribution < 1.29 is 4.74 Å². The summed E-state index contributed by atoms with van der Waals surface area (Å²) < 4.78 is 5.67. The van der Waals surface area contributed by atoms with Gasteiger partial charge < -0.3 is 24.8 Å². The molecule has 1 aromatic rings. The maximum atomic E-state index is 6.61. The molecule has 1 aromatic carbocycles. The lowest BCUT2D eigenvalue weighted by Crippen LogP contribution is -2.45. The lowest BCUT2D eigenvalue weighted by Gasteiger charge is -2.35. The lowest BCUT2D eigenvalue weighted by molar-refractivity contribution is 0.156. The SMILES string of the molecule is CN=C(NCc1c(Cl)cccc1N1CCN(C)CC1)N1CCC2(CCOC2)C1.I. The molecule has 0 saturated carbocycles. The van der Waals surface area contributed by atoms with Crippen LogP contribution in [0.5, 0.6) is 0 Å². The monoisotopic (exact) mass is 533 g/mol. The Kier molecular flexibility index (Phi) is 7.92. The summed E-state index contributed by atoms with van der Waals surface area (Å²) in [5.74, 6) is 0.966. The summed E-state index contributed by atoms with van der Waals surface area (Å²) in [4.78, 5) is 11.7. The Hall–Kier alpha value is -0.770. The second-order valence-electron chi connectivity index (χ2n) is 8.40. The fourth-order valence-electron chi connectivity index (χ4n) is 4.65. The molecule has 1 spiro atoms. The highest BCUT2D eigenvalue weighted by atomic mass is 127. The Bertz CT molecular complexity index is 717. The van der Waals surface area contributed by atoms with Crippen molar-refractivity contribution in [2.75, 3.05) is 71.5 Å². The molecule has 3 aliphatic heterocycles. The maximum absolute atomic E-state index is 6.61. The third kappa shape index (κ3) is 5.11. The van der Waals surface area contributed by atoms with E-state index in [0.717, 1.165) is 69.0 Å². The Morgan fingerprint density at radius 2 is 2.00 bits per heavy atom. The van der Waals surface area contributed by atoms with Crippen LogP contribution in [0.25, 0.3) is 0 Å². The highest BCUT2D eigenvalue weighted by molar-refractivity contribution is 14.0. The minimum Gasteiger partial charge on any atom is -0.381 e. The summed E-state index contributed by atoms with van der Waals surface area (Å²) in [6.07, 6.45) is 2.35.